The zero-order valence-electron chi connectivity index (χ0n) is 17.8. The van der Waals surface area contributed by atoms with Gasteiger partial charge in [0, 0.05) is 0 Å². The Kier molecular flexibility index (Phi) is 6.61. The van der Waals surface area contributed by atoms with Gasteiger partial charge >= 0.3 is 5.97 Å². The van der Waals surface area contributed by atoms with Gasteiger partial charge in [0.05, 0.1) is 26.9 Å². The van der Waals surface area contributed by atoms with Gasteiger partial charge in [-0.2, -0.15) is 0 Å². The molecule has 1 aliphatic heterocycles. The maximum Gasteiger partial charge on any atom is 0.321 e. The molecule has 0 aromatic heterocycles. The number of carbonyl (C=O) groups excluding carboxylic acids is 1. The van der Waals surface area contributed by atoms with Crippen LogP contribution in [0.1, 0.15) is 37.5 Å². The van der Waals surface area contributed by atoms with Gasteiger partial charge in [0.25, 0.3) is 0 Å². The molecule has 1 fully saturated rings. The van der Waals surface area contributed by atoms with Gasteiger partial charge in [-0.15, -0.1) is 0 Å². The molecule has 0 unspecified atom stereocenters. The smallest absolute Gasteiger partial charge is 0.321 e. The van der Waals surface area contributed by atoms with E-state index in [1.807, 2.05) is 50.3 Å². The van der Waals surface area contributed by atoms with Crippen LogP contribution in [0.25, 0.3) is 12.2 Å². The fourth-order valence-electron chi connectivity index (χ4n) is 2.93. The van der Waals surface area contributed by atoms with Gasteiger partial charge in [-0.3, -0.25) is 4.79 Å². The first-order valence-corrected chi connectivity index (χ1v) is 9.80. The van der Waals surface area contributed by atoms with E-state index in [0.29, 0.717) is 11.5 Å². The molecule has 30 heavy (non-hydrogen) atoms. The Morgan fingerprint density at radius 2 is 1.63 bits per heavy atom. The van der Waals surface area contributed by atoms with Crippen molar-refractivity contribution >= 4 is 18.1 Å². The molecule has 1 heterocycles. The summed E-state index contributed by atoms with van der Waals surface area (Å²) in [5, 5.41) is 9.37. The van der Waals surface area contributed by atoms with Crippen molar-refractivity contribution in [2.24, 2.45) is 5.41 Å². The number of methoxy groups -OCH3 is 1. The van der Waals surface area contributed by atoms with Crippen molar-refractivity contribution in [2.45, 2.75) is 33.2 Å². The Balaban J connectivity index is 1.64. The molecule has 1 N–H and O–H groups in total. The quantitative estimate of drug-likeness (QED) is 0.438. The molecule has 160 valence electrons. The maximum absolute atomic E-state index is 12.6. The third-order valence-corrected chi connectivity index (χ3v) is 4.94. The molecular weight excluding hydrogens is 384 g/mol. The third kappa shape index (κ3) is 5.48. The summed E-state index contributed by atoms with van der Waals surface area (Å²) in [7, 11) is 1.59. The third-order valence-electron chi connectivity index (χ3n) is 4.94. The fourth-order valence-corrected chi connectivity index (χ4v) is 2.93. The molecule has 1 saturated heterocycles. The summed E-state index contributed by atoms with van der Waals surface area (Å²) < 4.78 is 22.0. The Bertz CT molecular complexity index is 882. The van der Waals surface area contributed by atoms with E-state index >= 15 is 0 Å². The van der Waals surface area contributed by atoms with Crippen LogP contribution in [0.5, 0.6) is 11.5 Å². The van der Waals surface area contributed by atoms with Gasteiger partial charge in [0.1, 0.15) is 16.9 Å². The Labute approximate surface area is 177 Å². The van der Waals surface area contributed by atoms with Crippen LogP contribution in [-0.4, -0.2) is 37.2 Å². The number of hydrogen-bond donors (Lipinski definition) is 1. The minimum Gasteiger partial charge on any atom is -0.497 e. The van der Waals surface area contributed by atoms with Crippen LogP contribution in [0, 0.1) is 5.41 Å². The second-order valence-electron chi connectivity index (χ2n) is 8.10. The van der Waals surface area contributed by atoms with E-state index in [4.69, 9.17) is 18.9 Å². The number of aliphatic hydroxyl groups excluding tert-OH is 1. The Morgan fingerprint density at radius 3 is 2.23 bits per heavy atom. The second kappa shape index (κ2) is 9.00. The second-order valence-corrected chi connectivity index (χ2v) is 8.10. The van der Waals surface area contributed by atoms with Crippen molar-refractivity contribution < 1.29 is 28.8 Å². The first-order chi connectivity index (χ1) is 14.2. The highest BCUT2D eigenvalue weighted by atomic mass is 16.7. The molecule has 2 aromatic carbocycles. The van der Waals surface area contributed by atoms with Crippen molar-refractivity contribution in [3.8, 4) is 11.5 Å². The van der Waals surface area contributed by atoms with Crippen molar-refractivity contribution in [2.75, 3.05) is 20.3 Å². The predicted molar refractivity (Wildman–Crippen MR) is 114 cm³/mol. The number of benzene rings is 2. The minimum absolute atomic E-state index is 0.0510. The number of aliphatic hydroxyl groups is 1. The summed E-state index contributed by atoms with van der Waals surface area (Å²) in [6.45, 7) is 5.85. The number of carbonyl (C=O) groups is 1. The van der Waals surface area contributed by atoms with Crippen LogP contribution < -0.4 is 9.47 Å². The molecule has 3 rings (SSSR count). The van der Waals surface area contributed by atoms with Crippen LogP contribution in [0.4, 0.5) is 0 Å². The van der Waals surface area contributed by atoms with Crippen LogP contribution in [0.2, 0.25) is 0 Å². The van der Waals surface area contributed by atoms with Crippen LogP contribution in [0.3, 0.4) is 0 Å². The van der Waals surface area contributed by atoms with Crippen LogP contribution >= 0.6 is 0 Å². The van der Waals surface area contributed by atoms with E-state index in [2.05, 4.69) is 0 Å². The van der Waals surface area contributed by atoms with Gasteiger partial charge in [0.2, 0.25) is 0 Å². The van der Waals surface area contributed by atoms with Crippen molar-refractivity contribution in [3.63, 3.8) is 0 Å². The van der Waals surface area contributed by atoms with Gasteiger partial charge in [-0.05, 0) is 67.8 Å². The lowest BCUT2D eigenvalue weighted by Gasteiger charge is -2.39. The molecule has 0 bridgehead atoms. The SMILES string of the molecule is COc1cc(/C=C/c2ccc(OC(=O)C3(C)COC(C)(C)OC3)cc2)cc(CO)c1. The average Bonchev–Trinajstić information content (AvgIpc) is 2.75. The predicted octanol–water partition coefficient (Wildman–Crippen LogP) is 4.05. The first kappa shape index (κ1) is 22.0. The molecule has 0 saturated carbocycles. The minimum atomic E-state index is -0.842. The van der Waals surface area contributed by atoms with E-state index in [0.717, 1.165) is 16.7 Å². The van der Waals surface area contributed by atoms with Crippen LogP contribution in [-0.2, 0) is 20.9 Å². The Morgan fingerprint density at radius 1 is 1.00 bits per heavy atom. The van der Waals surface area contributed by atoms with Crippen molar-refractivity contribution in [3.05, 3.63) is 59.2 Å². The monoisotopic (exact) mass is 412 g/mol. The van der Waals surface area contributed by atoms with E-state index in [-0.39, 0.29) is 25.8 Å². The molecule has 6 nitrogen and oxygen atoms in total. The highest BCUT2D eigenvalue weighted by molar-refractivity contribution is 5.79. The summed E-state index contributed by atoms with van der Waals surface area (Å²) in [6, 6.07) is 12.8. The molecule has 1 aliphatic rings. The van der Waals surface area contributed by atoms with E-state index in [1.54, 1.807) is 32.2 Å². The van der Waals surface area contributed by atoms with E-state index in [1.165, 1.54) is 0 Å². The standard InChI is InChI=1S/C24H28O6/c1-23(2)28-15-24(3,16-29-23)22(26)30-20-9-7-17(8-10-20)5-6-18-11-19(14-25)13-21(12-18)27-4/h5-13,25H,14-16H2,1-4H3/b6-5+. The van der Waals surface area contributed by atoms with E-state index < -0.39 is 11.2 Å². The van der Waals surface area contributed by atoms with Gasteiger partial charge < -0.3 is 24.1 Å². The number of hydrogen-bond acceptors (Lipinski definition) is 6. The van der Waals surface area contributed by atoms with Gasteiger partial charge in [-0.25, -0.2) is 0 Å². The molecule has 0 radical (unpaired) electrons. The summed E-state index contributed by atoms with van der Waals surface area (Å²) in [5.74, 6) is 0.0893. The maximum atomic E-state index is 12.6. The zero-order valence-corrected chi connectivity index (χ0v) is 17.8. The highest BCUT2D eigenvalue weighted by Gasteiger charge is 2.43. The highest BCUT2D eigenvalue weighted by Crippen LogP contribution is 2.31. The Hall–Kier alpha value is -2.67. The lowest BCUT2D eigenvalue weighted by atomic mass is 9.92. The fraction of sp³-hybridized carbons (Fsp3) is 0.375. The number of ether oxygens (including phenoxy) is 4. The number of rotatable bonds is 6. The largest absolute Gasteiger partial charge is 0.497 e. The molecule has 0 aliphatic carbocycles. The molecule has 6 heteroatoms. The topological polar surface area (TPSA) is 74.2 Å². The number of esters is 1. The molecule has 2 aromatic rings. The average molecular weight is 412 g/mol. The van der Waals surface area contributed by atoms with Gasteiger partial charge in [0.15, 0.2) is 5.79 Å². The zero-order chi connectivity index (χ0) is 21.8. The van der Waals surface area contributed by atoms with Crippen LogP contribution in [0.15, 0.2) is 42.5 Å². The molecule has 0 amide bonds. The van der Waals surface area contributed by atoms with E-state index in [9.17, 15) is 9.90 Å². The molecule has 0 spiro atoms. The van der Waals surface area contributed by atoms with Crippen molar-refractivity contribution in [1.82, 2.24) is 0 Å². The normalized spacial score (nSPS) is 17.6. The summed E-state index contributed by atoms with van der Waals surface area (Å²) in [4.78, 5) is 12.6. The summed E-state index contributed by atoms with van der Waals surface area (Å²) in [6.07, 6.45) is 3.87. The lowest BCUT2D eigenvalue weighted by molar-refractivity contribution is -0.279. The van der Waals surface area contributed by atoms with Crippen molar-refractivity contribution in [1.29, 1.82) is 0 Å². The summed E-state index contributed by atoms with van der Waals surface area (Å²) in [5.41, 5.74) is 1.80. The lowest BCUT2D eigenvalue weighted by Crippen LogP contribution is -2.50. The molecular formula is C24H28O6. The first-order valence-electron chi connectivity index (χ1n) is 9.80. The molecule has 0 atom stereocenters. The summed E-state index contributed by atoms with van der Waals surface area (Å²) >= 11 is 0. The van der Waals surface area contributed by atoms with Gasteiger partial charge in [-0.1, -0.05) is 24.3 Å².